The maximum Gasteiger partial charge on any atom is 0.146 e. The zero-order valence-corrected chi connectivity index (χ0v) is 8.37. The summed E-state index contributed by atoms with van der Waals surface area (Å²) < 4.78 is 0. The summed E-state index contributed by atoms with van der Waals surface area (Å²) in [5, 5.41) is 0. The monoisotopic (exact) mass is 170 g/mol. The van der Waals surface area contributed by atoms with Crippen LogP contribution in [0.15, 0.2) is 0 Å². The average Bonchev–Trinajstić information content (AvgIpc) is 2.30. The average molecular weight is 170 g/mol. The summed E-state index contributed by atoms with van der Waals surface area (Å²) in [6.07, 6.45) is 0.985. The summed E-state index contributed by atoms with van der Waals surface area (Å²) in [6, 6.07) is 0.696. The maximum absolute atomic E-state index is 11.2. The third-order valence-electron chi connectivity index (χ3n) is 2.73. The second kappa shape index (κ2) is 3.54. The van der Waals surface area contributed by atoms with Gasteiger partial charge in [0.25, 0.3) is 0 Å². The van der Waals surface area contributed by atoms with Crippen LogP contribution in [0.4, 0.5) is 0 Å². The van der Waals surface area contributed by atoms with Crippen molar-refractivity contribution in [1.29, 1.82) is 0 Å². The normalized spacial score (nSPS) is 31.4. The lowest BCUT2D eigenvalue weighted by Crippen LogP contribution is -2.31. The van der Waals surface area contributed by atoms with Gasteiger partial charge in [-0.1, -0.05) is 0 Å². The molecular weight excluding hydrogens is 152 g/mol. The van der Waals surface area contributed by atoms with Gasteiger partial charge in [0.1, 0.15) is 5.78 Å². The van der Waals surface area contributed by atoms with E-state index in [1.807, 2.05) is 7.05 Å². The van der Waals surface area contributed by atoms with E-state index in [-0.39, 0.29) is 6.04 Å². The van der Waals surface area contributed by atoms with Crippen LogP contribution in [-0.2, 0) is 4.79 Å². The molecule has 0 aromatic heterocycles. The Bertz CT molecular complexity index is 179. The quantitative estimate of drug-likeness (QED) is 0.592. The zero-order valence-electron chi connectivity index (χ0n) is 8.37. The Hall–Kier alpha value is -0.410. The predicted octanol–water partition coefficient (Wildman–Crippen LogP) is 0.210. The van der Waals surface area contributed by atoms with Gasteiger partial charge in [0.15, 0.2) is 0 Å². The van der Waals surface area contributed by atoms with Crippen LogP contribution in [-0.4, -0.2) is 55.4 Å². The van der Waals surface area contributed by atoms with Gasteiger partial charge >= 0.3 is 0 Å². The lowest BCUT2D eigenvalue weighted by molar-refractivity contribution is -0.120. The lowest BCUT2D eigenvalue weighted by Gasteiger charge is -2.17. The Kier molecular flexibility index (Phi) is 2.85. The highest BCUT2D eigenvalue weighted by Gasteiger charge is 2.32. The van der Waals surface area contributed by atoms with E-state index in [0.717, 1.165) is 13.0 Å². The number of hydrogen-bond acceptors (Lipinski definition) is 3. The lowest BCUT2D eigenvalue weighted by atomic mass is 10.1. The van der Waals surface area contributed by atoms with Gasteiger partial charge in [-0.3, -0.25) is 9.69 Å². The molecule has 70 valence electrons. The molecule has 0 aromatic rings. The summed E-state index contributed by atoms with van der Waals surface area (Å²) in [6.45, 7) is 2.69. The number of nitrogens with zero attached hydrogens (tertiary/aromatic N) is 2. The van der Waals surface area contributed by atoms with Crippen molar-refractivity contribution < 1.29 is 4.79 Å². The number of likely N-dealkylation sites (N-methyl/N-ethyl adjacent to an activating group) is 2. The smallest absolute Gasteiger partial charge is 0.146 e. The first-order chi connectivity index (χ1) is 5.52. The maximum atomic E-state index is 11.2. The van der Waals surface area contributed by atoms with Gasteiger partial charge in [-0.15, -0.1) is 0 Å². The Morgan fingerprint density at radius 2 is 2.08 bits per heavy atom. The second-order valence-corrected chi connectivity index (χ2v) is 3.92. The van der Waals surface area contributed by atoms with Crippen molar-refractivity contribution in [3.05, 3.63) is 0 Å². The summed E-state index contributed by atoms with van der Waals surface area (Å²) >= 11 is 0. The molecule has 3 nitrogen and oxygen atoms in total. The SMILES string of the molecule is CC(=O)C1CC(N(C)C)CN1C. The van der Waals surface area contributed by atoms with E-state index >= 15 is 0 Å². The van der Waals surface area contributed by atoms with Crippen LogP contribution in [0.3, 0.4) is 0 Å². The van der Waals surface area contributed by atoms with Crippen LogP contribution in [0.1, 0.15) is 13.3 Å². The predicted molar refractivity (Wildman–Crippen MR) is 49.2 cm³/mol. The number of likely N-dealkylation sites (tertiary alicyclic amines) is 1. The van der Waals surface area contributed by atoms with Crippen molar-refractivity contribution in [2.45, 2.75) is 25.4 Å². The van der Waals surface area contributed by atoms with E-state index < -0.39 is 0 Å². The molecule has 2 atom stereocenters. The number of rotatable bonds is 2. The summed E-state index contributed by atoms with van der Waals surface area (Å²) in [5.41, 5.74) is 0. The molecule has 0 aliphatic carbocycles. The van der Waals surface area contributed by atoms with Crippen molar-refractivity contribution in [2.75, 3.05) is 27.7 Å². The number of Topliss-reactive ketones (excluding diaryl/α,β-unsaturated/α-hetero) is 1. The van der Waals surface area contributed by atoms with Gasteiger partial charge < -0.3 is 4.90 Å². The van der Waals surface area contributed by atoms with Crippen LogP contribution in [0.5, 0.6) is 0 Å². The fourth-order valence-electron chi connectivity index (χ4n) is 1.82. The highest BCUT2D eigenvalue weighted by molar-refractivity contribution is 5.81. The second-order valence-electron chi connectivity index (χ2n) is 3.92. The van der Waals surface area contributed by atoms with E-state index in [0.29, 0.717) is 11.8 Å². The van der Waals surface area contributed by atoms with Crippen LogP contribution < -0.4 is 0 Å². The van der Waals surface area contributed by atoms with E-state index in [1.54, 1.807) is 6.92 Å². The largest absolute Gasteiger partial charge is 0.305 e. The first kappa shape index (κ1) is 9.68. The van der Waals surface area contributed by atoms with E-state index in [2.05, 4.69) is 23.9 Å². The fourth-order valence-corrected chi connectivity index (χ4v) is 1.82. The van der Waals surface area contributed by atoms with Crippen LogP contribution >= 0.6 is 0 Å². The third kappa shape index (κ3) is 1.84. The topological polar surface area (TPSA) is 23.6 Å². The summed E-state index contributed by atoms with van der Waals surface area (Å²) in [4.78, 5) is 15.5. The first-order valence-electron chi connectivity index (χ1n) is 4.39. The molecule has 1 rings (SSSR count). The van der Waals surface area contributed by atoms with Gasteiger partial charge in [0.05, 0.1) is 6.04 Å². The van der Waals surface area contributed by atoms with Gasteiger partial charge in [-0.25, -0.2) is 0 Å². The first-order valence-corrected chi connectivity index (χ1v) is 4.39. The van der Waals surface area contributed by atoms with Crippen molar-refractivity contribution >= 4 is 5.78 Å². The molecule has 0 aromatic carbocycles. The van der Waals surface area contributed by atoms with Crippen LogP contribution in [0, 0.1) is 0 Å². The molecule has 0 amide bonds. The molecule has 12 heavy (non-hydrogen) atoms. The van der Waals surface area contributed by atoms with Crippen molar-refractivity contribution in [3.63, 3.8) is 0 Å². The number of carbonyl (C=O) groups excluding carboxylic acids is 1. The molecule has 3 heteroatoms. The van der Waals surface area contributed by atoms with Crippen molar-refractivity contribution in [2.24, 2.45) is 0 Å². The minimum absolute atomic E-state index is 0.150. The number of ketones is 1. The fraction of sp³-hybridized carbons (Fsp3) is 0.889. The number of carbonyl (C=O) groups is 1. The van der Waals surface area contributed by atoms with Crippen LogP contribution in [0.25, 0.3) is 0 Å². The molecule has 1 fully saturated rings. The minimum Gasteiger partial charge on any atom is -0.305 e. The zero-order chi connectivity index (χ0) is 9.30. The van der Waals surface area contributed by atoms with E-state index in [9.17, 15) is 4.79 Å². The molecule has 0 bridgehead atoms. The molecule has 0 N–H and O–H groups in total. The molecule has 0 radical (unpaired) electrons. The molecular formula is C9H18N2O. The minimum atomic E-state index is 0.150. The van der Waals surface area contributed by atoms with Gasteiger partial charge in [-0.05, 0) is 34.5 Å². The molecule has 1 aliphatic heterocycles. The summed E-state index contributed by atoms with van der Waals surface area (Å²) in [5.74, 6) is 0.293. The Labute approximate surface area is 74.3 Å². The Morgan fingerprint density at radius 1 is 1.50 bits per heavy atom. The molecule has 1 heterocycles. The van der Waals surface area contributed by atoms with Gasteiger partial charge in [-0.2, -0.15) is 0 Å². The molecule has 1 saturated heterocycles. The van der Waals surface area contributed by atoms with Crippen molar-refractivity contribution in [1.82, 2.24) is 9.80 Å². The van der Waals surface area contributed by atoms with Crippen molar-refractivity contribution in [3.8, 4) is 0 Å². The highest BCUT2D eigenvalue weighted by atomic mass is 16.1. The Balaban J connectivity index is 2.56. The molecule has 2 unspecified atom stereocenters. The van der Waals surface area contributed by atoms with Crippen LogP contribution in [0.2, 0.25) is 0 Å². The molecule has 1 aliphatic rings. The summed E-state index contributed by atoms with van der Waals surface area (Å²) in [7, 11) is 6.16. The van der Waals surface area contributed by atoms with E-state index in [1.165, 1.54) is 0 Å². The standard InChI is InChI=1S/C9H18N2O/c1-7(12)9-5-8(10(2)3)6-11(9)4/h8-9H,5-6H2,1-4H3. The van der Waals surface area contributed by atoms with E-state index in [4.69, 9.17) is 0 Å². The third-order valence-corrected chi connectivity index (χ3v) is 2.73. The molecule has 0 saturated carbocycles. The van der Waals surface area contributed by atoms with Gasteiger partial charge in [0, 0.05) is 12.6 Å². The highest BCUT2D eigenvalue weighted by Crippen LogP contribution is 2.19. The molecule has 0 spiro atoms. The number of hydrogen-bond donors (Lipinski definition) is 0. The van der Waals surface area contributed by atoms with Gasteiger partial charge in [0.2, 0.25) is 0 Å². The Morgan fingerprint density at radius 3 is 2.33 bits per heavy atom.